The third-order valence-electron chi connectivity index (χ3n) is 3.48. The van der Waals surface area contributed by atoms with Crippen LogP contribution in [0.1, 0.15) is 25.8 Å². The van der Waals surface area contributed by atoms with Gasteiger partial charge in [-0.3, -0.25) is 4.57 Å². The highest BCUT2D eigenvalue weighted by molar-refractivity contribution is 5.03. The monoisotopic (exact) mass is 325 g/mol. The van der Waals surface area contributed by atoms with Crippen molar-refractivity contribution >= 4 is 0 Å². The maximum atomic E-state index is 12.0. The Morgan fingerprint density at radius 3 is 2.87 bits per heavy atom. The van der Waals surface area contributed by atoms with E-state index in [0.717, 1.165) is 4.57 Å². The van der Waals surface area contributed by atoms with Gasteiger partial charge in [-0.15, -0.1) is 0 Å². The standard InChI is InChI=1S/C13H19N5O5/c1-7(2)22-6-13(16-17-14)10(20)9(19)11(23-13)18-5-4-8(3)15-12(18)21/h4-5,7,9-11,19-20H,6H2,1-3H3/t9-,10+,11-,13-/m1/s1. The van der Waals surface area contributed by atoms with Crippen LogP contribution < -0.4 is 5.69 Å². The van der Waals surface area contributed by atoms with Crippen LogP contribution in [0.4, 0.5) is 0 Å². The predicted molar refractivity (Wildman–Crippen MR) is 78.3 cm³/mol. The molecule has 1 aromatic rings. The second-order valence-corrected chi connectivity index (χ2v) is 5.60. The van der Waals surface area contributed by atoms with E-state index in [1.54, 1.807) is 26.8 Å². The molecule has 126 valence electrons. The second-order valence-electron chi connectivity index (χ2n) is 5.60. The average molecular weight is 325 g/mol. The molecule has 0 aromatic carbocycles. The van der Waals surface area contributed by atoms with Gasteiger partial charge in [0.25, 0.3) is 0 Å². The lowest BCUT2D eigenvalue weighted by atomic mass is 10.1. The van der Waals surface area contributed by atoms with E-state index < -0.39 is 29.9 Å². The van der Waals surface area contributed by atoms with Crippen molar-refractivity contribution in [2.45, 2.75) is 51.0 Å². The number of azide groups is 1. The van der Waals surface area contributed by atoms with Crippen molar-refractivity contribution in [1.82, 2.24) is 9.55 Å². The van der Waals surface area contributed by atoms with Gasteiger partial charge >= 0.3 is 5.69 Å². The van der Waals surface area contributed by atoms with Crippen molar-refractivity contribution in [3.8, 4) is 0 Å². The molecule has 0 saturated carbocycles. The number of hydrogen-bond acceptors (Lipinski definition) is 7. The molecule has 1 saturated heterocycles. The van der Waals surface area contributed by atoms with Crippen LogP contribution in [0.15, 0.2) is 22.2 Å². The van der Waals surface area contributed by atoms with Crippen LogP contribution in [0.25, 0.3) is 10.4 Å². The van der Waals surface area contributed by atoms with Gasteiger partial charge in [0.2, 0.25) is 5.72 Å². The Bertz CT molecular complexity index is 671. The molecule has 0 unspecified atom stereocenters. The molecule has 0 bridgehead atoms. The van der Waals surface area contributed by atoms with Gasteiger partial charge in [0.15, 0.2) is 6.23 Å². The van der Waals surface area contributed by atoms with Gasteiger partial charge in [-0.1, -0.05) is 5.11 Å². The number of aliphatic hydroxyl groups is 2. The summed E-state index contributed by atoms with van der Waals surface area (Å²) in [6.45, 7) is 4.89. The van der Waals surface area contributed by atoms with Gasteiger partial charge < -0.3 is 19.7 Å². The number of ether oxygens (including phenoxy) is 2. The molecule has 0 radical (unpaired) electrons. The number of aromatic nitrogens is 2. The van der Waals surface area contributed by atoms with E-state index in [0.29, 0.717) is 5.69 Å². The van der Waals surface area contributed by atoms with Crippen molar-refractivity contribution in [3.63, 3.8) is 0 Å². The zero-order valence-electron chi connectivity index (χ0n) is 13.0. The van der Waals surface area contributed by atoms with Crippen LogP contribution >= 0.6 is 0 Å². The van der Waals surface area contributed by atoms with Crippen molar-refractivity contribution in [3.05, 3.63) is 38.9 Å². The summed E-state index contributed by atoms with van der Waals surface area (Å²) in [6, 6.07) is 1.56. The zero-order valence-corrected chi connectivity index (χ0v) is 13.0. The number of hydrogen-bond donors (Lipinski definition) is 2. The second kappa shape index (κ2) is 6.65. The van der Waals surface area contributed by atoms with Gasteiger partial charge in [-0.05, 0) is 32.4 Å². The maximum Gasteiger partial charge on any atom is 0.349 e. The number of rotatable bonds is 5. The molecule has 2 heterocycles. The Balaban J connectivity index is 2.38. The Morgan fingerprint density at radius 2 is 2.30 bits per heavy atom. The van der Waals surface area contributed by atoms with E-state index in [4.69, 9.17) is 15.0 Å². The first-order valence-corrected chi connectivity index (χ1v) is 7.08. The highest BCUT2D eigenvalue weighted by Gasteiger charge is 2.55. The van der Waals surface area contributed by atoms with Gasteiger partial charge in [0.05, 0.1) is 12.7 Å². The van der Waals surface area contributed by atoms with E-state index in [9.17, 15) is 15.0 Å². The summed E-state index contributed by atoms with van der Waals surface area (Å²) < 4.78 is 12.0. The number of aliphatic hydroxyl groups excluding tert-OH is 2. The van der Waals surface area contributed by atoms with Crippen molar-refractivity contribution in [1.29, 1.82) is 0 Å². The van der Waals surface area contributed by atoms with Gasteiger partial charge in [-0.25, -0.2) is 4.79 Å². The van der Waals surface area contributed by atoms with E-state index in [1.165, 1.54) is 6.20 Å². The molecule has 4 atom stereocenters. The molecule has 0 amide bonds. The molecule has 1 fully saturated rings. The maximum absolute atomic E-state index is 12.0. The van der Waals surface area contributed by atoms with Crippen LogP contribution in [0.3, 0.4) is 0 Å². The lowest BCUT2D eigenvalue weighted by Crippen LogP contribution is -2.45. The normalized spacial score (nSPS) is 30.4. The molecule has 0 aliphatic carbocycles. The summed E-state index contributed by atoms with van der Waals surface area (Å²) in [4.78, 5) is 18.4. The third-order valence-corrected chi connectivity index (χ3v) is 3.48. The van der Waals surface area contributed by atoms with Crippen molar-refractivity contribution < 1.29 is 19.7 Å². The third kappa shape index (κ3) is 3.36. The summed E-state index contributed by atoms with van der Waals surface area (Å²) >= 11 is 0. The lowest BCUT2D eigenvalue weighted by Gasteiger charge is -2.27. The fourth-order valence-electron chi connectivity index (χ4n) is 2.28. The Kier molecular flexibility index (Phi) is 5.03. The zero-order chi connectivity index (χ0) is 17.2. The minimum absolute atomic E-state index is 0.212. The van der Waals surface area contributed by atoms with E-state index >= 15 is 0 Å². The fourth-order valence-corrected chi connectivity index (χ4v) is 2.28. The molecule has 1 aliphatic heterocycles. The molecule has 1 aliphatic rings. The van der Waals surface area contributed by atoms with E-state index in [1.807, 2.05) is 0 Å². The first-order valence-electron chi connectivity index (χ1n) is 7.08. The predicted octanol–water partition coefficient (Wildman–Crippen LogP) is 0.234. The van der Waals surface area contributed by atoms with Crippen LogP contribution in [0, 0.1) is 6.92 Å². The highest BCUT2D eigenvalue weighted by Crippen LogP contribution is 2.38. The molecule has 2 N–H and O–H groups in total. The van der Waals surface area contributed by atoms with Gasteiger partial charge in [0.1, 0.15) is 12.2 Å². The Hall–Kier alpha value is -1.97. The van der Waals surface area contributed by atoms with Gasteiger partial charge in [-0.2, -0.15) is 4.98 Å². The van der Waals surface area contributed by atoms with E-state index in [2.05, 4.69) is 15.0 Å². The largest absolute Gasteiger partial charge is 0.387 e. The highest BCUT2D eigenvalue weighted by atomic mass is 16.6. The summed E-state index contributed by atoms with van der Waals surface area (Å²) in [5.74, 6) is 0. The minimum Gasteiger partial charge on any atom is -0.387 e. The first kappa shape index (κ1) is 17.4. The van der Waals surface area contributed by atoms with E-state index in [-0.39, 0.29) is 12.7 Å². The molecule has 10 heteroatoms. The molecule has 1 aromatic heterocycles. The molecular formula is C13H19N5O5. The smallest absolute Gasteiger partial charge is 0.349 e. The van der Waals surface area contributed by atoms with Crippen molar-refractivity contribution in [2.75, 3.05) is 6.61 Å². The average Bonchev–Trinajstić information content (AvgIpc) is 2.72. The molecule has 0 spiro atoms. The van der Waals surface area contributed by atoms with Crippen molar-refractivity contribution in [2.24, 2.45) is 5.11 Å². The lowest BCUT2D eigenvalue weighted by molar-refractivity contribution is -0.145. The topological polar surface area (TPSA) is 143 Å². The SMILES string of the molecule is Cc1ccn([C@@H]2O[C@@](COC(C)C)(N=[N+]=[N-])[C@@H](O)[C@H]2O)c(=O)n1. The molecular weight excluding hydrogens is 306 g/mol. The summed E-state index contributed by atoms with van der Waals surface area (Å²) in [5.41, 5.74) is 6.79. The number of aryl methyl sites for hydroxylation is 1. The first-order chi connectivity index (χ1) is 10.8. The quantitative estimate of drug-likeness (QED) is 0.451. The fraction of sp³-hybridized carbons (Fsp3) is 0.692. The van der Waals surface area contributed by atoms with Crippen LogP contribution in [-0.2, 0) is 9.47 Å². The molecule has 2 rings (SSSR count). The number of nitrogens with zero attached hydrogens (tertiary/aromatic N) is 5. The Labute approximate surface area is 131 Å². The molecule has 10 nitrogen and oxygen atoms in total. The summed E-state index contributed by atoms with van der Waals surface area (Å²) in [6.07, 6.45) is -3.11. The Morgan fingerprint density at radius 1 is 1.61 bits per heavy atom. The van der Waals surface area contributed by atoms with Crippen LogP contribution in [-0.4, -0.2) is 50.4 Å². The minimum atomic E-state index is -1.83. The summed E-state index contributed by atoms with van der Waals surface area (Å²) in [7, 11) is 0. The summed E-state index contributed by atoms with van der Waals surface area (Å²) in [5, 5.41) is 24.0. The van der Waals surface area contributed by atoms with Crippen LogP contribution in [0.5, 0.6) is 0 Å². The van der Waals surface area contributed by atoms with Crippen LogP contribution in [0.2, 0.25) is 0 Å². The van der Waals surface area contributed by atoms with Gasteiger partial charge in [0, 0.05) is 16.8 Å². The molecule has 23 heavy (non-hydrogen) atoms.